The van der Waals surface area contributed by atoms with Gasteiger partial charge < -0.3 is 9.52 Å². The van der Waals surface area contributed by atoms with Crippen molar-refractivity contribution in [2.24, 2.45) is 0 Å². The van der Waals surface area contributed by atoms with Gasteiger partial charge >= 0.3 is 5.97 Å². The average Bonchev–Trinajstić information content (AvgIpc) is 3.13. The van der Waals surface area contributed by atoms with Crippen LogP contribution in [0.2, 0.25) is 15.1 Å². The molecule has 4 rings (SSSR count). The van der Waals surface area contributed by atoms with Crippen molar-refractivity contribution in [3.8, 4) is 22.8 Å². The molecular formula is C20H10Cl3NO3. The lowest BCUT2D eigenvalue weighted by atomic mass is 10.1. The zero-order chi connectivity index (χ0) is 19.1. The Labute approximate surface area is 168 Å². The molecular weight excluding hydrogens is 409 g/mol. The summed E-state index contributed by atoms with van der Waals surface area (Å²) in [5, 5.41) is 11.3. The van der Waals surface area contributed by atoms with Crippen LogP contribution in [0.5, 0.6) is 0 Å². The molecule has 0 atom stereocenters. The SMILES string of the molecule is O=C(O)c1cc(-c2ccc(-c3ccc(Cl)c(Cl)c3)o2)nc2ccc(Cl)cc12. The second-order valence-electron chi connectivity index (χ2n) is 5.81. The summed E-state index contributed by atoms with van der Waals surface area (Å²) < 4.78 is 5.87. The summed E-state index contributed by atoms with van der Waals surface area (Å²) in [4.78, 5) is 16.2. The number of pyridine rings is 1. The zero-order valence-corrected chi connectivity index (χ0v) is 15.8. The van der Waals surface area contributed by atoms with E-state index in [0.717, 1.165) is 5.56 Å². The van der Waals surface area contributed by atoms with Crippen LogP contribution in [0.3, 0.4) is 0 Å². The molecule has 0 saturated heterocycles. The number of carboxylic acids is 1. The van der Waals surface area contributed by atoms with Gasteiger partial charge in [0, 0.05) is 16.0 Å². The van der Waals surface area contributed by atoms with Crippen molar-refractivity contribution < 1.29 is 14.3 Å². The fourth-order valence-corrected chi connectivity index (χ4v) is 3.25. The van der Waals surface area contributed by atoms with Gasteiger partial charge in [-0.15, -0.1) is 0 Å². The zero-order valence-electron chi connectivity index (χ0n) is 13.5. The molecule has 0 fully saturated rings. The van der Waals surface area contributed by atoms with Gasteiger partial charge in [-0.05, 0) is 54.6 Å². The van der Waals surface area contributed by atoms with Crippen LogP contribution in [0, 0.1) is 0 Å². The summed E-state index contributed by atoms with van der Waals surface area (Å²) in [5.74, 6) is -0.0592. The quantitative estimate of drug-likeness (QED) is 0.396. The van der Waals surface area contributed by atoms with Gasteiger partial charge in [-0.3, -0.25) is 0 Å². The van der Waals surface area contributed by atoms with E-state index < -0.39 is 5.97 Å². The summed E-state index contributed by atoms with van der Waals surface area (Å²) in [6, 6.07) is 15.1. The van der Waals surface area contributed by atoms with Crippen molar-refractivity contribution in [3.63, 3.8) is 0 Å². The van der Waals surface area contributed by atoms with E-state index in [1.54, 1.807) is 48.5 Å². The van der Waals surface area contributed by atoms with Gasteiger partial charge in [0.25, 0.3) is 0 Å². The number of benzene rings is 2. The van der Waals surface area contributed by atoms with E-state index in [4.69, 9.17) is 39.2 Å². The van der Waals surface area contributed by atoms with Crippen LogP contribution in [0.25, 0.3) is 33.7 Å². The lowest BCUT2D eigenvalue weighted by molar-refractivity contribution is 0.0699. The summed E-state index contributed by atoms with van der Waals surface area (Å²) >= 11 is 18.0. The molecule has 0 bridgehead atoms. The molecule has 0 amide bonds. The highest BCUT2D eigenvalue weighted by Crippen LogP contribution is 2.33. The Balaban J connectivity index is 1.83. The number of furan rings is 1. The predicted octanol–water partition coefficient (Wildman–Crippen LogP) is 6.82. The maximum Gasteiger partial charge on any atom is 0.336 e. The number of halogens is 3. The maximum absolute atomic E-state index is 11.7. The largest absolute Gasteiger partial charge is 0.478 e. The second kappa shape index (κ2) is 6.89. The third kappa shape index (κ3) is 3.39. The number of hydrogen-bond acceptors (Lipinski definition) is 3. The van der Waals surface area contributed by atoms with Gasteiger partial charge in [0.15, 0.2) is 5.76 Å². The van der Waals surface area contributed by atoms with E-state index in [1.807, 2.05) is 0 Å². The normalized spacial score (nSPS) is 11.1. The van der Waals surface area contributed by atoms with Crippen LogP contribution in [-0.4, -0.2) is 16.1 Å². The molecule has 0 unspecified atom stereocenters. The van der Waals surface area contributed by atoms with E-state index in [-0.39, 0.29) is 5.56 Å². The van der Waals surface area contributed by atoms with Crippen LogP contribution in [0.15, 0.2) is 59.0 Å². The first-order valence-corrected chi connectivity index (χ1v) is 8.95. The Hall–Kier alpha value is -2.53. The van der Waals surface area contributed by atoms with E-state index in [9.17, 15) is 9.90 Å². The smallest absolute Gasteiger partial charge is 0.336 e. The lowest BCUT2D eigenvalue weighted by Gasteiger charge is -2.06. The van der Waals surface area contributed by atoms with Gasteiger partial charge in [-0.2, -0.15) is 0 Å². The minimum absolute atomic E-state index is 0.102. The van der Waals surface area contributed by atoms with Crippen molar-refractivity contribution in [2.45, 2.75) is 0 Å². The Bertz CT molecular complexity index is 1200. The third-order valence-corrected chi connectivity index (χ3v) is 5.04. The van der Waals surface area contributed by atoms with E-state index in [1.165, 1.54) is 6.07 Å². The summed E-state index contributed by atoms with van der Waals surface area (Å²) in [6.07, 6.45) is 0. The average molecular weight is 419 g/mol. The molecule has 134 valence electrons. The first-order valence-electron chi connectivity index (χ1n) is 7.81. The molecule has 1 N–H and O–H groups in total. The van der Waals surface area contributed by atoms with Gasteiger partial charge in [0.2, 0.25) is 0 Å². The molecule has 2 aromatic heterocycles. The van der Waals surface area contributed by atoms with Crippen molar-refractivity contribution in [2.75, 3.05) is 0 Å². The van der Waals surface area contributed by atoms with Gasteiger partial charge in [0.05, 0.1) is 21.1 Å². The van der Waals surface area contributed by atoms with Gasteiger partial charge in [-0.25, -0.2) is 9.78 Å². The monoisotopic (exact) mass is 417 g/mol. The highest BCUT2D eigenvalue weighted by Gasteiger charge is 2.16. The van der Waals surface area contributed by atoms with Crippen LogP contribution >= 0.6 is 34.8 Å². The molecule has 0 aliphatic heterocycles. The molecule has 4 nitrogen and oxygen atoms in total. The molecule has 0 spiro atoms. The fourth-order valence-electron chi connectivity index (χ4n) is 2.78. The molecule has 2 heterocycles. The Morgan fingerprint density at radius 2 is 1.67 bits per heavy atom. The number of carbonyl (C=O) groups is 1. The van der Waals surface area contributed by atoms with Crippen LogP contribution in [0.1, 0.15) is 10.4 Å². The predicted molar refractivity (Wildman–Crippen MR) is 107 cm³/mol. The van der Waals surface area contributed by atoms with Crippen LogP contribution < -0.4 is 0 Å². The Morgan fingerprint density at radius 3 is 2.41 bits per heavy atom. The highest BCUT2D eigenvalue weighted by atomic mass is 35.5. The molecule has 4 aromatic rings. The number of fused-ring (bicyclic) bond motifs is 1. The number of hydrogen-bond donors (Lipinski definition) is 1. The standard InChI is InChI=1S/C20H10Cl3NO3/c21-11-2-4-16-12(8-11)13(20(25)26)9-17(24-16)19-6-5-18(27-19)10-1-3-14(22)15(23)7-10/h1-9H,(H,25,26). The molecule has 27 heavy (non-hydrogen) atoms. The van der Waals surface area contributed by atoms with Crippen molar-refractivity contribution in [3.05, 3.63) is 75.2 Å². The number of rotatable bonds is 3. The number of nitrogens with zero attached hydrogens (tertiary/aromatic N) is 1. The minimum Gasteiger partial charge on any atom is -0.478 e. The Morgan fingerprint density at radius 1 is 0.889 bits per heavy atom. The first-order chi connectivity index (χ1) is 12.9. The number of aromatic carboxylic acids is 1. The van der Waals surface area contributed by atoms with Gasteiger partial charge in [-0.1, -0.05) is 34.8 Å². The van der Waals surface area contributed by atoms with Crippen molar-refractivity contribution >= 4 is 51.7 Å². The van der Waals surface area contributed by atoms with Crippen LogP contribution in [-0.2, 0) is 0 Å². The highest BCUT2D eigenvalue weighted by molar-refractivity contribution is 6.42. The number of carboxylic acid groups (broad SMARTS) is 1. The lowest BCUT2D eigenvalue weighted by Crippen LogP contribution is -2.00. The summed E-state index contributed by atoms with van der Waals surface area (Å²) in [7, 11) is 0. The summed E-state index contributed by atoms with van der Waals surface area (Å²) in [5.41, 5.74) is 1.78. The minimum atomic E-state index is -1.07. The molecule has 0 saturated carbocycles. The Kier molecular flexibility index (Phi) is 4.56. The topological polar surface area (TPSA) is 63.3 Å². The van der Waals surface area contributed by atoms with E-state index in [0.29, 0.717) is 43.2 Å². The third-order valence-electron chi connectivity index (χ3n) is 4.06. The van der Waals surface area contributed by atoms with Crippen molar-refractivity contribution in [1.29, 1.82) is 0 Å². The molecule has 0 aliphatic rings. The van der Waals surface area contributed by atoms with Gasteiger partial charge in [0.1, 0.15) is 11.5 Å². The molecule has 0 radical (unpaired) electrons. The van der Waals surface area contributed by atoms with Crippen molar-refractivity contribution in [1.82, 2.24) is 4.98 Å². The van der Waals surface area contributed by atoms with E-state index in [2.05, 4.69) is 4.98 Å². The molecule has 2 aromatic carbocycles. The summed E-state index contributed by atoms with van der Waals surface area (Å²) in [6.45, 7) is 0. The molecule has 0 aliphatic carbocycles. The number of aromatic nitrogens is 1. The molecule has 7 heteroatoms. The van der Waals surface area contributed by atoms with Crippen LogP contribution in [0.4, 0.5) is 0 Å². The van der Waals surface area contributed by atoms with E-state index >= 15 is 0 Å². The first kappa shape index (κ1) is 17.9. The maximum atomic E-state index is 11.7. The fraction of sp³-hybridized carbons (Fsp3) is 0. The second-order valence-corrected chi connectivity index (χ2v) is 7.07.